The fraction of sp³-hybridized carbons (Fsp3) is 0.348. The number of unbranched alkanes of at least 4 members (excludes halogenated alkanes) is 1. The lowest BCUT2D eigenvalue weighted by atomic mass is 9.81. The van der Waals surface area contributed by atoms with Crippen molar-refractivity contribution in [2.24, 2.45) is 0 Å². The summed E-state index contributed by atoms with van der Waals surface area (Å²) < 4.78 is 0. The highest BCUT2D eigenvalue weighted by Crippen LogP contribution is 2.36. The Balaban J connectivity index is 1.99. The number of rotatable bonds is 7. The van der Waals surface area contributed by atoms with Crippen molar-refractivity contribution in [1.29, 1.82) is 0 Å². The van der Waals surface area contributed by atoms with Crippen LogP contribution in [0.1, 0.15) is 42.0 Å². The van der Waals surface area contributed by atoms with Crippen LogP contribution in [0.15, 0.2) is 48.5 Å². The third-order valence-electron chi connectivity index (χ3n) is 5.41. The van der Waals surface area contributed by atoms with Gasteiger partial charge < -0.3 is 10.6 Å². The molecule has 0 unspecified atom stereocenters. The van der Waals surface area contributed by atoms with E-state index < -0.39 is 17.5 Å². The average molecular weight is 393 g/mol. The summed E-state index contributed by atoms with van der Waals surface area (Å²) in [7, 11) is 0. The maximum atomic E-state index is 13.6. The largest absolute Gasteiger partial charge is 0.355 e. The smallest absolute Gasteiger partial charge is 0.326 e. The molecule has 1 aliphatic heterocycles. The molecule has 0 radical (unpaired) electrons. The summed E-state index contributed by atoms with van der Waals surface area (Å²) in [6.45, 7) is 6.23. The molecule has 0 saturated carbocycles. The summed E-state index contributed by atoms with van der Waals surface area (Å²) in [6.07, 6.45) is 1.80. The molecule has 152 valence electrons. The average Bonchev–Trinajstić information content (AvgIpc) is 2.96. The SMILES string of the molecule is CCCCNC(=O)CN1C(=O)N[C@@](c2ccccc2)(c2ccc(C)c(C)c2)C1=O. The van der Waals surface area contributed by atoms with Gasteiger partial charge in [-0.3, -0.25) is 14.5 Å². The van der Waals surface area contributed by atoms with Crippen molar-refractivity contribution in [2.45, 2.75) is 39.2 Å². The minimum absolute atomic E-state index is 0.298. The molecule has 4 amide bonds. The minimum atomic E-state index is -1.35. The summed E-state index contributed by atoms with van der Waals surface area (Å²) >= 11 is 0. The molecular formula is C23H27N3O3. The molecule has 6 nitrogen and oxygen atoms in total. The van der Waals surface area contributed by atoms with Crippen molar-refractivity contribution >= 4 is 17.8 Å². The van der Waals surface area contributed by atoms with Crippen LogP contribution in [-0.4, -0.2) is 35.8 Å². The molecule has 2 N–H and O–H groups in total. The van der Waals surface area contributed by atoms with E-state index in [-0.39, 0.29) is 12.5 Å². The molecule has 0 aliphatic carbocycles. The standard InChI is InChI=1S/C23H27N3O3/c1-4-5-13-24-20(27)15-26-21(28)23(25-22(26)29,18-9-7-6-8-10-18)19-12-11-16(2)17(3)14-19/h6-12,14H,4-5,13,15H2,1-3H3,(H,24,27)(H,25,29)/t23-/m0/s1. The maximum Gasteiger partial charge on any atom is 0.326 e. The van der Waals surface area contributed by atoms with E-state index in [1.165, 1.54) is 0 Å². The molecule has 1 fully saturated rings. The van der Waals surface area contributed by atoms with Crippen LogP contribution in [0.4, 0.5) is 4.79 Å². The van der Waals surface area contributed by atoms with Crippen molar-refractivity contribution in [3.05, 3.63) is 70.8 Å². The van der Waals surface area contributed by atoms with Crippen molar-refractivity contribution < 1.29 is 14.4 Å². The zero-order valence-electron chi connectivity index (χ0n) is 17.1. The number of imide groups is 1. The molecule has 0 aromatic heterocycles. The van der Waals surface area contributed by atoms with Gasteiger partial charge in [-0.25, -0.2) is 4.79 Å². The molecule has 29 heavy (non-hydrogen) atoms. The first-order chi connectivity index (χ1) is 13.9. The Morgan fingerprint density at radius 1 is 1.03 bits per heavy atom. The number of hydrogen-bond acceptors (Lipinski definition) is 3. The molecule has 2 aromatic rings. The number of amides is 4. The first-order valence-electron chi connectivity index (χ1n) is 9.94. The van der Waals surface area contributed by atoms with Crippen LogP contribution in [0.3, 0.4) is 0 Å². The number of carbonyl (C=O) groups is 3. The van der Waals surface area contributed by atoms with E-state index in [4.69, 9.17) is 0 Å². The van der Waals surface area contributed by atoms with Crippen molar-refractivity contribution in [3.63, 3.8) is 0 Å². The lowest BCUT2D eigenvalue weighted by Gasteiger charge is -2.28. The number of aryl methyl sites for hydroxylation is 2. The molecule has 1 saturated heterocycles. The van der Waals surface area contributed by atoms with E-state index >= 15 is 0 Å². The van der Waals surface area contributed by atoms with Crippen LogP contribution in [0, 0.1) is 13.8 Å². The Labute approximate surface area is 171 Å². The highest BCUT2D eigenvalue weighted by molar-refractivity contribution is 6.11. The van der Waals surface area contributed by atoms with Gasteiger partial charge >= 0.3 is 6.03 Å². The topological polar surface area (TPSA) is 78.5 Å². The first-order valence-corrected chi connectivity index (χ1v) is 9.94. The molecule has 6 heteroatoms. The predicted molar refractivity (Wildman–Crippen MR) is 111 cm³/mol. The van der Waals surface area contributed by atoms with Gasteiger partial charge in [-0.15, -0.1) is 0 Å². The van der Waals surface area contributed by atoms with E-state index in [2.05, 4.69) is 10.6 Å². The van der Waals surface area contributed by atoms with Crippen LogP contribution in [-0.2, 0) is 15.1 Å². The fourth-order valence-electron chi connectivity index (χ4n) is 3.54. The molecule has 0 spiro atoms. The monoisotopic (exact) mass is 393 g/mol. The van der Waals surface area contributed by atoms with E-state index in [1.54, 1.807) is 0 Å². The maximum absolute atomic E-state index is 13.6. The quantitative estimate of drug-likeness (QED) is 0.561. The third-order valence-corrected chi connectivity index (χ3v) is 5.41. The van der Waals surface area contributed by atoms with Crippen LogP contribution < -0.4 is 10.6 Å². The summed E-state index contributed by atoms with van der Waals surface area (Å²) in [6, 6.07) is 14.3. The molecule has 1 heterocycles. The third kappa shape index (κ3) is 3.88. The van der Waals surface area contributed by atoms with Crippen LogP contribution in [0.5, 0.6) is 0 Å². The number of hydrogen-bond donors (Lipinski definition) is 2. The second-order valence-electron chi connectivity index (χ2n) is 7.44. The van der Waals surface area contributed by atoms with Gasteiger partial charge in [-0.05, 0) is 42.5 Å². The van der Waals surface area contributed by atoms with Gasteiger partial charge in [0.15, 0.2) is 5.54 Å². The van der Waals surface area contributed by atoms with Crippen molar-refractivity contribution in [3.8, 4) is 0 Å². The zero-order chi connectivity index (χ0) is 21.0. The van der Waals surface area contributed by atoms with E-state index in [9.17, 15) is 14.4 Å². The number of benzene rings is 2. The molecule has 1 aliphatic rings. The molecular weight excluding hydrogens is 366 g/mol. The van der Waals surface area contributed by atoms with Gasteiger partial charge in [0, 0.05) is 6.54 Å². The zero-order valence-corrected chi connectivity index (χ0v) is 17.1. The Morgan fingerprint density at radius 2 is 1.76 bits per heavy atom. The van der Waals surface area contributed by atoms with E-state index in [0.717, 1.165) is 28.9 Å². The van der Waals surface area contributed by atoms with Gasteiger partial charge in [-0.2, -0.15) is 0 Å². The van der Waals surface area contributed by atoms with Gasteiger partial charge in [-0.1, -0.05) is 61.9 Å². The second kappa shape index (κ2) is 8.47. The highest BCUT2D eigenvalue weighted by Gasteiger charge is 2.54. The normalized spacial score (nSPS) is 18.7. The Morgan fingerprint density at radius 3 is 2.41 bits per heavy atom. The number of nitrogens with one attached hydrogen (secondary N) is 2. The van der Waals surface area contributed by atoms with Gasteiger partial charge in [0.05, 0.1) is 0 Å². The Kier molecular flexibility index (Phi) is 6.01. The number of carbonyl (C=O) groups excluding carboxylic acids is 3. The fourth-order valence-corrected chi connectivity index (χ4v) is 3.54. The van der Waals surface area contributed by atoms with Gasteiger partial charge in [0.1, 0.15) is 6.54 Å². The van der Waals surface area contributed by atoms with E-state index in [0.29, 0.717) is 17.7 Å². The summed E-state index contributed by atoms with van der Waals surface area (Å²) in [5, 5.41) is 5.64. The summed E-state index contributed by atoms with van der Waals surface area (Å²) in [4.78, 5) is 39.6. The molecule has 2 aromatic carbocycles. The number of nitrogens with zero attached hydrogens (tertiary/aromatic N) is 1. The number of urea groups is 1. The lowest BCUT2D eigenvalue weighted by molar-refractivity contribution is -0.134. The summed E-state index contributed by atoms with van der Waals surface area (Å²) in [5.41, 5.74) is 2.12. The van der Waals surface area contributed by atoms with Gasteiger partial charge in [0.25, 0.3) is 5.91 Å². The molecule has 0 bridgehead atoms. The van der Waals surface area contributed by atoms with Gasteiger partial charge in [0.2, 0.25) is 5.91 Å². The minimum Gasteiger partial charge on any atom is -0.355 e. The lowest BCUT2D eigenvalue weighted by Crippen LogP contribution is -2.46. The Bertz CT molecular complexity index is 926. The van der Waals surface area contributed by atoms with Crippen LogP contribution >= 0.6 is 0 Å². The van der Waals surface area contributed by atoms with Crippen LogP contribution in [0.2, 0.25) is 0 Å². The molecule has 3 rings (SSSR count). The molecule has 1 atom stereocenters. The van der Waals surface area contributed by atoms with E-state index in [1.807, 2.05) is 69.3 Å². The Hall–Kier alpha value is -3.15. The first kappa shape index (κ1) is 20.6. The van der Waals surface area contributed by atoms with Crippen molar-refractivity contribution in [2.75, 3.05) is 13.1 Å². The van der Waals surface area contributed by atoms with Crippen LogP contribution in [0.25, 0.3) is 0 Å². The van der Waals surface area contributed by atoms with Crippen molar-refractivity contribution in [1.82, 2.24) is 15.5 Å². The summed E-state index contributed by atoms with van der Waals surface area (Å²) in [5.74, 6) is -0.784. The highest BCUT2D eigenvalue weighted by atomic mass is 16.2. The second-order valence-corrected chi connectivity index (χ2v) is 7.44. The predicted octanol–water partition coefficient (Wildman–Crippen LogP) is 3.02.